The quantitative estimate of drug-likeness (QED) is 0.833. The molecule has 0 radical (unpaired) electrons. The maximum atomic E-state index is 12.1. The number of aliphatic hydroxyl groups is 1. The third kappa shape index (κ3) is 2.75. The predicted molar refractivity (Wildman–Crippen MR) is 77.8 cm³/mol. The van der Waals surface area contributed by atoms with E-state index in [2.05, 4.69) is 26.3 Å². The summed E-state index contributed by atoms with van der Waals surface area (Å²) in [6, 6.07) is 0.244. The summed E-state index contributed by atoms with van der Waals surface area (Å²) in [6.07, 6.45) is 5.30. The minimum atomic E-state index is -0.231. The monoisotopic (exact) mass is 343 g/mol. The standard InChI is InChI=1S/C13H18BrN3O3/c14-11-10(7-15-17(4-5-18)13(11)19)16-9-3-6-20-12(9)8-1-2-8/h7-9,12,16,18H,1-6H2. The van der Waals surface area contributed by atoms with Crippen molar-refractivity contribution in [3.05, 3.63) is 21.0 Å². The molecule has 20 heavy (non-hydrogen) atoms. The minimum absolute atomic E-state index is 0.105. The molecular formula is C13H18BrN3O3. The van der Waals surface area contributed by atoms with Gasteiger partial charge < -0.3 is 15.2 Å². The van der Waals surface area contributed by atoms with Gasteiger partial charge in [0, 0.05) is 6.61 Å². The van der Waals surface area contributed by atoms with Crippen LogP contribution in [0.15, 0.2) is 15.5 Å². The largest absolute Gasteiger partial charge is 0.394 e. The van der Waals surface area contributed by atoms with Crippen molar-refractivity contribution >= 4 is 21.6 Å². The molecule has 3 rings (SSSR count). The third-order valence-electron chi connectivity index (χ3n) is 3.86. The van der Waals surface area contributed by atoms with E-state index in [9.17, 15) is 4.79 Å². The van der Waals surface area contributed by atoms with Crippen LogP contribution in [0.4, 0.5) is 5.69 Å². The first-order valence-electron chi connectivity index (χ1n) is 6.95. The molecule has 2 fully saturated rings. The number of hydrogen-bond donors (Lipinski definition) is 2. The van der Waals surface area contributed by atoms with Crippen molar-refractivity contribution in [3.8, 4) is 0 Å². The van der Waals surface area contributed by atoms with Crippen LogP contribution >= 0.6 is 15.9 Å². The van der Waals surface area contributed by atoms with Gasteiger partial charge >= 0.3 is 0 Å². The number of anilines is 1. The van der Waals surface area contributed by atoms with Gasteiger partial charge in [-0.3, -0.25) is 4.79 Å². The first-order chi connectivity index (χ1) is 9.70. The average Bonchev–Trinajstić information content (AvgIpc) is 3.19. The van der Waals surface area contributed by atoms with Gasteiger partial charge in [0.2, 0.25) is 0 Å². The zero-order valence-electron chi connectivity index (χ0n) is 11.1. The normalized spacial score (nSPS) is 25.9. The van der Waals surface area contributed by atoms with Crippen LogP contribution in [0.25, 0.3) is 0 Å². The molecule has 110 valence electrons. The summed E-state index contributed by atoms with van der Waals surface area (Å²) < 4.78 is 7.49. The maximum Gasteiger partial charge on any atom is 0.283 e. The summed E-state index contributed by atoms with van der Waals surface area (Å²) in [7, 11) is 0. The Balaban J connectivity index is 1.77. The molecule has 1 saturated heterocycles. The molecule has 1 aromatic rings. The molecule has 1 aromatic heterocycles. The first-order valence-corrected chi connectivity index (χ1v) is 7.74. The van der Waals surface area contributed by atoms with Crippen LogP contribution in [-0.4, -0.2) is 40.2 Å². The molecule has 0 bridgehead atoms. The summed E-state index contributed by atoms with van der Waals surface area (Å²) in [6.45, 7) is 0.868. The van der Waals surface area contributed by atoms with Gasteiger partial charge in [-0.2, -0.15) is 5.10 Å². The van der Waals surface area contributed by atoms with Crippen LogP contribution in [0.5, 0.6) is 0 Å². The van der Waals surface area contributed by atoms with Gasteiger partial charge in [0.1, 0.15) is 4.47 Å². The fourth-order valence-electron chi connectivity index (χ4n) is 2.67. The third-order valence-corrected chi connectivity index (χ3v) is 4.63. The lowest BCUT2D eigenvalue weighted by atomic mass is 10.1. The van der Waals surface area contributed by atoms with E-state index in [1.165, 1.54) is 17.5 Å². The number of halogens is 1. The summed E-state index contributed by atoms with van der Waals surface area (Å²) in [5.74, 6) is 0.663. The summed E-state index contributed by atoms with van der Waals surface area (Å²) in [4.78, 5) is 12.1. The Morgan fingerprint density at radius 1 is 1.50 bits per heavy atom. The number of aliphatic hydroxyl groups excluding tert-OH is 1. The molecule has 0 spiro atoms. The number of nitrogens with one attached hydrogen (secondary N) is 1. The molecule has 1 saturated carbocycles. The number of ether oxygens (including phenoxy) is 1. The van der Waals surface area contributed by atoms with Crippen molar-refractivity contribution in [3.63, 3.8) is 0 Å². The molecule has 2 heterocycles. The number of hydrogen-bond acceptors (Lipinski definition) is 5. The van der Waals surface area contributed by atoms with E-state index in [0.717, 1.165) is 13.0 Å². The van der Waals surface area contributed by atoms with Gasteiger partial charge in [-0.1, -0.05) is 0 Å². The lowest BCUT2D eigenvalue weighted by Gasteiger charge is -2.21. The molecule has 2 atom stereocenters. The van der Waals surface area contributed by atoms with Gasteiger partial charge in [-0.15, -0.1) is 0 Å². The molecule has 2 unspecified atom stereocenters. The predicted octanol–water partition coefficient (Wildman–Crippen LogP) is 0.977. The SMILES string of the molecule is O=c1c(Br)c(NC2CCOC2C2CC2)cnn1CCO. The molecule has 2 N–H and O–H groups in total. The van der Waals surface area contributed by atoms with E-state index in [4.69, 9.17) is 9.84 Å². The topological polar surface area (TPSA) is 76.4 Å². The van der Waals surface area contributed by atoms with Crippen LogP contribution in [0, 0.1) is 5.92 Å². The molecular weight excluding hydrogens is 326 g/mol. The van der Waals surface area contributed by atoms with Crippen molar-refractivity contribution in [1.82, 2.24) is 9.78 Å². The summed E-state index contributed by atoms with van der Waals surface area (Å²) in [5, 5.41) is 16.3. The van der Waals surface area contributed by atoms with Crippen molar-refractivity contribution in [2.45, 2.75) is 38.0 Å². The highest BCUT2D eigenvalue weighted by Gasteiger charge is 2.40. The molecule has 7 heteroatoms. The van der Waals surface area contributed by atoms with E-state index in [0.29, 0.717) is 16.1 Å². The van der Waals surface area contributed by atoms with Crippen molar-refractivity contribution in [2.75, 3.05) is 18.5 Å². The molecule has 1 aliphatic heterocycles. The Labute approximate surface area is 125 Å². The average molecular weight is 344 g/mol. The van der Waals surface area contributed by atoms with E-state index in [1.807, 2.05) is 0 Å². The number of aromatic nitrogens is 2. The Morgan fingerprint density at radius 2 is 2.30 bits per heavy atom. The van der Waals surface area contributed by atoms with Crippen LogP contribution < -0.4 is 10.9 Å². The number of rotatable bonds is 5. The summed E-state index contributed by atoms with van der Waals surface area (Å²) >= 11 is 3.32. The maximum absolute atomic E-state index is 12.1. The van der Waals surface area contributed by atoms with Gasteiger partial charge in [0.15, 0.2) is 0 Å². The van der Waals surface area contributed by atoms with Gasteiger partial charge in [-0.25, -0.2) is 4.68 Å². The highest BCUT2D eigenvalue weighted by molar-refractivity contribution is 9.10. The summed E-state index contributed by atoms with van der Waals surface area (Å²) in [5.41, 5.74) is 0.469. The number of nitrogens with zero attached hydrogens (tertiary/aromatic N) is 2. The van der Waals surface area contributed by atoms with E-state index >= 15 is 0 Å². The van der Waals surface area contributed by atoms with Crippen molar-refractivity contribution in [2.24, 2.45) is 5.92 Å². The highest BCUT2D eigenvalue weighted by Crippen LogP contribution is 2.39. The highest BCUT2D eigenvalue weighted by atomic mass is 79.9. The minimum Gasteiger partial charge on any atom is -0.394 e. The van der Waals surface area contributed by atoms with Crippen molar-refractivity contribution in [1.29, 1.82) is 0 Å². The van der Waals surface area contributed by atoms with E-state index in [1.54, 1.807) is 6.20 Å². The Hall–Kier alpha value is -0.920. The lowest BCUT2D eigenvalue weighted by Crippen LogP contribution is -2.33. The zero-order valence-corrected chi connectivity index (χ0v) is 12.7. The second-order valence-corrected chi connectivity index (χ2v) is 6.13. The van der Waals surface area contributed by atoms with Gasteiger partial charge in [0.05, 0.1) is 37.2 Å². The van der Waals surface area contributed by atoms with Crippen LogP contribution in [0.2, 0.25) is 0 Å². The fraction of sp³-hybridized carbons (Fsp3) is 0.692. The zero-order chi connectivity index (χ0) is 14.1. The van der Waals surface area contributed by atoms with Crippen LogP contribution in [0.3, 0.4) is 0 Å². The van der Waals surface area contributed by atoms with E-state index < -0.39 is 0 Å². The van der Waals surface area contributed by atoms with Crippen molar-refractivity contribution < 1.29 is 9.84 Å². The Kier molecular flexibility index (Phi) is 4.09. The van der Waals surface area contributed by atoms with Gasteiger partial charge in [0.25, 0.3) is 5.56 Å². The van der Waals surface area contributed by atoms with Crippen LogP contribution in [-0.2, 0) is 11.3 Å². The second-order valence-electron chi connectivity index (χ2n) is 5.34. The second kappa shape index (κ2) is 5.83. The van der Waals surface area contributed by atoms with Crippen LogP contribution in [0.1, 0.15) is 19.3 Å². The molecule has 0 aromatic carbocycles. The molecule has 0 amide bonds. The molecule has 6 nitrogen and oxygen atoms in total. The lowest BCUT2D eigenvalue weighted by molar-refractivity contribution is 0.0898. The Bertz CT molecular complexity index is 544. The smallest absolute Gasteiger partial charge is 0.283 e. The van der Waals surface area contributed by atoms with E-state index in [-0.39, 0.29) is 30.9 Å². The first kappa shape index (κ1) is 14.0. The molecule has 2 aliphatic rings. The Morgan fingerprint density at radius 3 is 3.00 bits per heavy atom. The molecule has 1 aliphatic carbocycles. The fourth-order valence-corrected chi connectivity index (χ4v) is 3.10. The van der Waals surface area contributed by atoms with Gasteiger partial charge in [-0.05, 0) is 41.1 Å².